The van der Waals surface area contributed by atoms with Crippen LogP contribution < -0.4 is 14.8 Å². The molecule has 1 aliphatic heterocycles. The number of carbonyl (C=O) groups excluding carboxylic acids is 1. The summed E-state index contributed by atoms with van der Waals surface area (Å²) >= 11 is 0. The number of fused-ring (bicyclic) bond motifs is 1. The van der Waals surface area contributed by atoms with Crippen molar-refractivity contribution in [3.63, 3.8) is 0 Å². The average molecular weight is 273 g/mol. The number of hydrogen-bond donors (Lipinski definition) is 1. The van der Waals surface area contributed by atoms with E-state index in [2.05, 4.69) is 5.32 Å². The molecule has 1 heterocycles. The smallest absolute Gasteiger partial charge is 0.231 e. The van der Waals surface area contributed by atoms with Crippen molar-refractivity contribution < 1.29 is 18.7 Å². The molecule has 102 valence electrons. The summed E-state index contributed by atoms with van der Waals surface area (Å²) in [6, 6.07) is 11.2. The third kappa shape index (κ3) is 2.56. The van der Waals surface area contributed by atoms with Gasteiger partial charge in [0.2, 0.25) is 12.7 Å². The summed E-state index contributed by atoms with van der Waals surface area (Å²) in [4.78, 5) is 12.0. The van der Waals surface area contributed by atoms with E-state index in [1.165, 1.54) is 12.1 Å². The van der Waals surface area contributed by atoms with E-state index in [1.807, 2.05) is 0 Å². The Labute approximate surface area is 115 Å². The Kier molecular flexibility index (Phi) is 3.25. The van der Waals surface area contributed by atoms with Crippen LogP contribution in [-0.4, -0.2) is 12.7 Å². The van der Waals surface area contributed by atoms with E-state index in [0.29, 0.717) is 17.2 Å². The number of anilines is 1. The van der Waals surface area contributed by atoms with Crippen LogP contribution in [0.1, 0.15) is 5.56 Å². The Hall–Kier alpha value is -2.56. The minimum Gasteiger partial charge on any atom is -0.454 e. The van der Waals surface area contributed by atoms with Crippen molar-refractivity contribution in [1.82, 2.24) is 0 Å². The summed E-state index contributed by atoms with van der Waals surface area (Å²) in [6.45, 7) is 0.165. The molecule has 20 heavy (non-hydrogen) atoms. The van der Waals surface area contributed by atoms with Gasteiger partial charge in [-0.15, -0.1) is 0 Å². The molecule has 0 fully saturated rings. The molecule has 0 atom stereocenters. The van der Waals surface area contributed by atoms with Crippen LogP contribution in [0.3, 0.4) is 0 Å². The van der Waals surface area contributed by atoms with Crippen molar-refractivity contribution in [1.29, 1.82) is 0 Å². The molecule has 1 aliphatic rings. The first-order valence-electron chi connectivity index (χ1n) is 6.15. The van der Waals surface area contributed by atoms with E-state index >= 15 is 0 Å². The second-order valence-corrected chi connectivity index (χ2v) is 4.39. The number of carbonyl (C=O) groups is 1. The number of nitrogens with one attached hydrogen (secondary N) is 1. The van der Waals surface area contributed by atoms with Crippen LogP contribution in [0.4, 0.5) is 10.1 Å². The van der Waals surface area contributed by atoms with Crippen molar-refractivity contribution in [3.05, 3.63) is 53.8 Å². The third-order valence-electron chi connectivity index (χ3n) is 2.94. The van der Waals surface area contributed by atoms with E-state index in [4.69, 9.17) is 9.47 Å². The molecule has 3 rings (SSSR count). The zero-order chi connectivity index (χ0) is 13.9. The SMILES string of the molecule is O=C(Cc1cccc2c1OCO2)Nc1cccc(F)c1. The van der Waals surface area contributed by atoms with Crippen molar-refractivity contribution in [2.45, 2.75) is 6.42 Å². The van der Waals surface area contributed by atoms with Gasteiger partial charge in [-0.3, -0.25) is 4.79 Å². The number of halogens is 1. The number of para-hydroxylation sites is 1. The van der Waals surface area contributed by atoms with Gasteiger partial charge in [0.1, 0.15) is 5.82 Å². The van der Waals surface area contributed by atoms with Crippen molar-refractivity contribution in [2.24, 2.45) is 0 Å². The maximum atomic E-state index is 13.0. The zero-order valence-corrected chi connectivity index (χ0v) is 10.6. The normalized spacial score (nSPS) is 12.2. The number of benzene rings is 2. The van der Waals surface area contributed by atoms with Gasteiger partial charge in [0, 0.05) is 11.3 Å². The molecular formula is C15H12FNO3. The van der Waals surface area contributed by atoms with Gasteiger partial charge in [0.05, 0.1) is 6.42 Å². The van der Waals surface area contributed by atoms with Crippen LogP contribution in [0.5, 0.6) is 11.5 Å². The zero-order valence-electron chi connectivity index (χ0n) is 10.6. The second kappa shape index (κ2) is 5.21. The highest BCUT2D eigenvalue weighted by Crippen LogP contribution is 2.35. The lowest BCUT2D eigenvalue weighted by Crippen LogP contribution is -2.14. The Bertz CT molecular complexity index is 657. The van der Waals surface area contributed by atoms with Crippen molar-refractivity contribution >= 4 is 11.6 Å². The van der Waals surface area contributed by atoms with Gasteiger partial charge in [0.15, 0.2) is 11.5 Å². The first-order valence-corrected chi connectivity index (χ1v) is 6.15. The quantitative estimate of drug-likeness (QED) is 0.935. The molecule has 1 amide bonds. The lowest BCUT2D eigenvalue weighted by molar-refractivity contribution is -0.115. The summed E-state index contributed by atoms with van der Waals surface area (Å²) in [5, 5.41) is 2.65. The largest absolute Gasteiger partial charge is 0.454 e. The van der Waals surface area contributed by atoms with E-state index in [1.54, 1.807) is 30.3 Å². The van der Waals surface area contributed by atoms with Crippen LogP contribution in [0.15, 0.2) is 42.5 Å². The lowest BCUT2D eigenvalue weighted by atomic mass is 10.1. The predicted octanol–water partition coefficient (Wildman–Crippen LogP) is 2.74. The molecule has 2 aromatic rings. The Balaban J connectivity index is 1.72. The summed E-state index contributed by atoms with van der Waals surface area (Å²) in [5.41, 5.74) is 1.17. The van der Waals surface area contributed by atoms with Gasteiger partial charge in [-0.1, -0.05) is 18.2 Å². The third-order valence-corrected chi connectivity index (χ3v) is 2.94. The molecule has 0 bridgehead atoms. The molecule has 0 saturated carbocycles. The Morgan fingerprint density at radius 1 is 1.20 bits per heavy atom. The molecule has 0 aliphatic carbocycles. The van der Waals surface area contributed by atoms with Crippen LogP contribution >= 0.6 is 0 Å². The fourth-order valence-electron chi connectivity index (χ4n) is 2.07. The van der Waals surface area contributed by atoms with Crippen LogP contribution in [0.25, 0.3) is 0 Å². The average Bonchev–Trinajstić information content (AvgIpc) is 2.88. The molecule has 1 N–H and O–H groups in total. The Morgan fingerprint density at radius 2 is 2.05 bits per heavy atom. The second-order valence-electron chi connectivity index (χ2n) is 4.39. The van der Waals surface area contributed by atoms with Gasteiger partial charge in [-0.05, 0) is 24.3 Å². The summed E-state index contributed by atoms with van der Waals surface area (Å²) in [5.74, 6) is 0.614. The first-order chi connectivity index (χ1) is 9.72. The number of ether oxygens (including phenoxy) is 2. The van der Waals surface area contributed by atoms with Crippen LogP contribution in [-0.2, 0) is 11.2 Å². The molecule has 0 aromatic heterocycles. The number of rotatable bonds is 3. The number of hydrogen-bond acceptors (Lipinski definition) is 3. The van der Waals surface area contributed by atoms with Crippen molar-refractivity contribution in [2.75, 3.05) is 12.1 Å². The van der Waals surface area contributed by atoms with Gasteiger partial charge < -0.3 is 14.8 Å². The van der Waals surface area contributed by atoms with E-state index in [9.17, 15) is 9.18 Å². The minimum absolute atomic E-state index is 0.142. The molecular weight excluding hydrogens is 261 g/mol. The van der Waals surface area contributed by atoms with E-state index < -0.39 is 0 Å². The fraction of sp³-hybridized carbons (Fsp3) is 0.133. The molecule has 0 unspecified atom stereocenters. The van der Waals surface area contributed by atoms with E-state index in [0.717, 1.165) is 5.56 Å². The standard InChI is InChI=1S/C15H12FNO3/c16-11-4-2-5-12(8-11)17-14(18)7-10-3-1-6-13-15(10)20-9-19-13/h1-6,8H,7,9H2,(H,17,18). The first kappa shape index (κ1) is 12.5. The highest BCUT2D eigenvalue weighted by Gasteiger charge is 2.18. The maximum absolute atomic E-state index is 13.0. The molecule has 0 spiro atoms. The van der Waals surface area contributed by atoms with Gasteiger partial charge in [-0.2, -0.15) is 0 Å². The lowest BCUT2D eigenvalue weighted by Gasteiger charge is -2.07. The monoisotopic (exact) mass is 273 g/mol. The Morgan fingerprint density at radius 3 is 2.90 bits per heavy atom. The highest BCUT2D eigenvalue weighted by atomic mass is 19.1. The number of amides is 1. The summed E-state index contributed by atoms with van der Waals surface area (Å²) in [7, 11) is 0. The van der Waals surface area contributed by atoms with Crippen LogP contribution in [0.2, 0.25) is 0 Å². The van der Waals surface area contributed by atoms with E-state index in [-0.39, 0.29) is 24.9 Å². The van der Waals surface area contributed by atoms with Gasteiger partial charge >= 0.3 is 0 Å². The summed E-state index contributed by atoms with van der Waals surface area (Å²) < 4.78 is 23.6. The highest BCUT2D eigenvalue weighted by molar-refractivity contribution is 5.92. The molecule has 4 nitrogen and oxygen atoms in total. The fourth-order valence-corrected chi connectivity index (χ4v) is 2.07. The topological polar surface area (TPSA) is 47.6 Å². The van der Waals surface area contributed by atoms with Gasteiger partial charge in [0.25, 0.3) is 0 Å². The van der Waals surface area contributed by atoms with Crippen LogP contribution in [0, 0.1) is 5.82 Å². The molecule has 5 heteroatoms. The summed E-state index contributed by atoms with van der Waals surface area (Å²) in [6.07, 6.45) is 0.142. The molecule has 0 saturated heterocycles. The molecule has 2 aromatic carbocycles. The van der Waals surface area contributed by atoms with Gasteiger partial charge in [-0.25, -0.2) is 4.39 Å². The molecule has 0 radical (unpaired) electrons. The maximum Gasteiger partial charge on any atom is 0.231 e. The minimum atomic E-state index is -0.389. The van der Waals surface area contributed by atoms with Crippen molar-refractivity contribution in [3.8, 4) is 11.5 Å². The predicted molar refractivity (Wildman–Crippen MR) is 71.3 cm³/mol.